The minimum Gasteiger partial charge on any atom is -0.495 e. The first-order valence-corrected chi connectivity index (χ1v) is 13.1. The number of para-hydroxylation sites is 2. The molecule has 1 saturated heterocycles. The van der Waals surface area contributed by atoms with Gasteiger partial charge in [-0.05, 0) is 61.4 Å². The number of nitrogens with one attached hydrogen (secondary N) is 1. The number of benzene rings is 3. The Kier molecular flexibility index (Phi) is 7.23. The lowest BCUT2D eigenvalue weighted by Gasteiger charge is -2.36. The fourth-order valence-corrected chi connectivity index (χ4v) is 5.76. The van der Waals surface area contributed by atoms with Crippen LogP contribution >= 0.6 is 11.6 Å². The fourth-order valence-electron chi connectivity index (χ4n) is 4.11. The molecule has 3 aromatic carbocycles. The zero-order chi connectivity index (χ0) is 25.2. The number of sulfonamides is 1. The lowest BCUT2D eigenvalue weighted by Crippen LogP contribution is -2.48. The molecule has 9 heteroatoms. The number of piperazine rings is 1. The SMILES string of the molecule is COc1ccccc1N1CCN(C(=O)c2ccc(Cl)c(S(=O)(=O)Nc3cc(C)ccc3C)c2)CC1. The Morgan fingerprint density at radius 2 is 1.69 bits per heavy atom. The van der Waals surface area contributed by atoms with Crippen LogP contribution in [0.5, 0.6) is 5.75 Å². The van der Waals surface area contributed by atoms with Crippen molar-refractivity contribution < 1.29 is 17.9 Å². The van der Waals surface area contributed by atoms with Crippen molar-refractivity contribution in [3.63, 3.8) is 0 Å². The number of hydrogen-bond donors (Lipinski definition) is 1. The highest BCUT2D eigenvalue weighted by Gasteiger charge is 2.26. The summed E-state index contributed by atoms with van der Waals surface area (Å²) in [5.74, 6) is 0.556. The van der Waals surface area contributed by atoms with Crippen LogP contribution in [0.3, 0.4) is 0 Å². The van der Waals surface area contributed by atoms with E-state index in [0.717, 1.165) is 22.6 Å². The van der Waals surface area contributed by atoms with Crippen LogP contribution < -0.4 is 14.4 Å². The normalized spacial score (nSPS) is 14.1. The van der Waals surface area contributed by atoms with E-state index in [4.69, 9.17) is 16.3 Å². The molecule has 4 rings (SSSR count). The number of carbonyl (C=O) groups excluding carboxylic acids is 1. The number of methoxy groups -OCH3 is 1. The Morgan fingerprint density at radius 3 is 2.40 bits per heavy atom. The molecule has 0 aromatic heterocycles. The molecule has 1 fully saturated rings. The number of nitrogens with zero attached hydrogens (tertiary/aromatic N) is 2. The lowest BCUT2D eigenvalue weighted by atomic mass is 10.1. The number of amides is 1. The number of ether oxygens (including phenoxy) is 1. The maximum absolute atomic E-state index is 13.2. The van der Waals surface area contributed by atoms with Crippen LogP contribution in [0.2, 0.25) is 5.02 Å². The van der Waals surface area contributed by atoms with Crippen molar-refractivity contribution in [2.45, 2.75) is 18.7 Å². The highest BCUT2D eigenvalue weighted by molar-refractivity contribution is 7.92. The largest absolute Gasteiger partial charge is 0.495 e. The van der Waals surface area contributed by atoms with Gasteiger partial charge in [-0.3, -0.25) is 9.52 Å². The minimum absolute atomic E-state index is 0.0559. The number of anilines is 2. The maximum atomic E-state index is 13.2. The molecule has 1 aliphatic rings. The molecular weight excluding hydrogens is 486 g/mol. The fraction of sp³-hybridized carbons (Fsp3) is 0.269. The van der Waals surface area contributed by atoms with Crippen molar-refractivity contribution in [1.29, 1.82) is 0 Å². The van der Waals surface area contributed by atoms with Crippen LogP contribution in [-0.2, 0) is 10.0 Å². The molecule has 1 amide bonds. The van der Waals surface area contributed by atoms with Crippen molar-refractivity contribution in [1.82, 2.24) is 4.90 Å². The summed E-state index contributed by atoms with van der Waals surface area (Å²) < 4.78 is 34.4. The van der Waals surface area contributed by atoms with Gasteiger partial charge in [-0.15, -0.1) is 0 Å². The smallest absolute Gasteiger partial charge is 0.263 e. The van der Waals surface area contributed by atoms with E-state index in [2.05, 4.69) is 9.62 Å². The minimum atomic E-state index is -4.00. The molecule has 0 bridgehead atoms. The molecule has 1 heterocycles. The van der Waals surface area contributed by atoms with Crippen molar-refractivity contribution in [2.24, 2.45) is 0 Å². The van der Waals surface area contributed by atoms with Crippen molar-refractivity contribution in [3.8, 4) is 5.75 Å². The van der Waals surface area contributed by atoms with Crippen LogP contribution in [0.4, 0.5) is 11.4 Å². The summed E-state index contributed by atoms with van der Waals surface area (Å²) in [6.07, 6.45) is 0. The average Bonchev–Trinajstić information content (AvgIpc) is 2.86. The van der Waals surface area contributed by atoms with E-state index < -0.39 is 10.0 Å². The van der Waals surface area contributed by atoms with Crippen LogP contribution in [0.15, 0.2) is 65.6 Å². The summed E-state index contributed by atoms with van der Waals surface area (Å²) >= 11 is 6.26. The van der Waals surface area contributed by atoms with Gasteiger partial charge in [0.25, 0.3) is 15.9 Å². The predicted octanol–water partition coefficient (Wildman–Crippen LogP) is 4.73. The topological polar surface area (TPSA) is 79.0 Å². The predicted molar refractivity (Wildman–Crippen MR) is 139 cm³/mol. The number of aryl methyl sites for hydroxylation is 2. The third-order valence-electron chi connectivity index (χ3n) is 6.10. The first kappa shape index (κ1) is 24.9. The van der Waals surface area contributed by atoms with Gasteiger partial charge in [0.05, 0.1) is 23.5 Å². The summed E-state index contributed by atoms with van der Waals surface area (Å²) in [7, 11) is -2.36. The summed E-state index contributed by atoms with van der Waals surface area (Å²) in [6, 6.07) is 17.7. The third-order valence-corrected chi connectivity index (χ3v) is 7.94. The van der Waals surface area contributed by atoms with Crippen LogP contribution in [0, 0.1) is 13.8 Å². The van der Waals surface area contributed by atoms with Crippen LogP contribution in [0.25, 0.3) is 0 Å². The van der Waals surface area contributed by atoms with Crippen molar-refractivity contribution >= 4 is 38.9 Å². The Bertz CT molecular complexity index is 1350. The van der Waals surface area contributed by atoms with E-state index in [1.807, 2.05) is 50.2 Å². The zero-order valence-corrected chi connectivity index (χ0v) is 21.5. The van der Waals surface area contributed by atoms with Gasteiger partial charge in [-0.1, -0.05) is 35.9 Å². The quantitative estimate of drug-likeness (QED) is 0.515. The van der Waals surface area contributed by atoms with Gasteiger partial charge in [0.2, 0.25) is 0 Å². The van der Waals surface area contributed by atoms with E-state index in [-0.39, 0.29) is 21.4 Å². The first-order valence-electron chi connectivity index (χ1n) is 11.3. The highest BCUT2D eigenvalue weighted by Crippen LogP contribution is 2.30. The van der Waals surface area contributed by atoms with Gasteiger partial charge in [-0.25, -0.2) is 8.42 Å². The highest BCUT2D eigenvalue weighted by atomic mass is 35.5. The van der Waals surface area contributed by atoms with Crippen LogP contribution in [-0.4, -0.2) is 52.5 Å². The van der Waals surface area contributed by atoms with E-state index in [1.54, 1.807) is 24.1 Å². The molecule has 3 aromatic rings. The van der Waals surface area contributed by atoms with Gasteiger partial charge in [0, 0.05) is 31.7 Å². The second-order valence-electron chi connectivity index (χ2n) is 8.52. The Labute approximate surface area is 211 Å². The van der Waals surface area contributed by atoms with E-state index in [9.17, 15) is 13.2 Å². The Balaban J connectivity index is 1.51. The number of halogens is 1. The van der Waals surface area contributed by atoms with Crippen molar-refractivity contribution in [2.75, 3.05) is 42.9 Å². The summed E-state index contributed by atoms with van der Waals surface area (Å²) in [5, 5.41) is 0.0559. The maximum Gasteiger partial charge on any atom is 0.263 e. The second kappa shape index (κ2) is 10.2. The monoisotopic (exact) mass is 513 g/mol. The van der Waals surface area contributed by atoms with E-state index in [0.29, 0.717) is 31.9 Å². The summed E-state index contributed by atoms with van der Waals surface area (Å²) in [5.41, 5.74) is 3.46. The van der Waals surface area contributed by atoms with Gasteiger partial charge < -0.3 is 14.5 Å². The van der Waals surface area contributed by atoms with E-state index >= 15 is 0 Å². The Morgan fingerprint density at radius 1 is 0.971 bits per heavy atom. The molecule has 0 spiro atoms. The molecule has 1 N–H and O–H groups in total. The molecule has 7 nitrogen and oxygen atoms in total. The molecule has 0 radical (unpaired) electrons. The third kappa shape index (κ3) is 5.39. The molecule has 0 unspecified atom stereocenters. The molecule has 1 aliphatic heterocycles. The number of carbonyl (C=O) groups is 1. The Hall–Kier alpha value is -3.23. The zero-order valence-electron chi connectivity index (χ0n) is 19.9. The average molecular weight is 514 g/mol. The van der Waals surface area contributed by atoms with E-state index in [1.165, 1.54) is 12.1 Å². The summed E-state index contributed by atoms with van der Waals surface area (Å²) in [6.45, 7) is 5.99. The van der Waals surface area contributed by atoms with Crippen LogP contribution in [0.1, 0.15) is 21.5 Å². The standard InChI is InChI=1S/C26H28ClN3O4S/c1-18-8-9-19(2)22(16-18)28-35(32,33)25-17-20(10-11-21(25)27)26(31)30-14-12-29(13-15-30)23-6-4-5-7-24(23)34-3/h4-11,16-17,28H,12-15H2,1-3H3. The molecular formula is C26H28ClN3O4S. The lowest BCUT2D eigenvalue weighted by molar-refractivity contribution is 0.0746. The summed E-state index contributed by atoms with van der Waals surface area (Å²) in [4.78, 5) is 17.0. The second-order valence-corrected chi connectivity index (χ2v) is 10.6. The molecule has 0 saturated carbocycles. The molecule has 35 heavy (non-hydrogen) atoms. The van der Waals surface area contributed by atoms with Gasteiger partial charge in [-0.2, -0.15) is 0 Å². The first-order chi connectivity index (χ1) is 16.7. The molecule has 184 valence electrons. The van der Waals surface area contributed by atoms with Gasteiger partial charge in [0.1, 0.15) is 10.6 Å². The molecule has 0 aliphatic carbocycles. The van der Waals surface area contributed by atoms with Crippen molar-refractivity contribution in [3.05, 3.63) is 82.4 Å². The molecule has 0 atom stereocenters. The van der Waals surface area contributed by atoms with Gasteiger partial charge in [0.15, 0.2) is 0 Å². The van der Waals surface area contributed by atoms with Gasteiger partial charge >= 0.3 is 0 Å². The number of rotatable bonds is 6. The number of hydrogen-bond acceptors (Lipinski definition) is 5.